The van der Waals surface area contributed by atoms with Crippen molar-refractivity contribution in [2.75, 3.05) is 5.32 Å². The number of thioether (sulfide) groups is 1. The molecule has 0 unspecified atom stereocenters. The SMILES string of the molecule is Cc1ccc(Nc2nc(CSc3nnc(-c4ccccc4F)n3-c3ccc(C)cc3)cs2)cc1. The third-order valence-electron chi connectivity index (χ3n) is 5.24. The molecule has 0 radical (unpaired) electrons. The maximum Gasteiger partial charge on any atom is 0.196 e. The molecule has 170 valence electrons. The summed E-state index contributed by atoms with van der Waals surface area (Å²) >= 11 is 3.09. The monoisotopic (exact) mass is 487 g/mol. The van der Waals surface area contributed by atoms with Crippen LogP contribution < -0.4 is 5.32 Å². The Labute approximate surface area is 205 Å². The Morgan fingerprint density at radius 2 is 1.62 bits per heavy atom. The van der Waals surface area contributed by atoms with Gasteiger partial charge in [-0.25, -0.2) is 9.37 Å². The Hall–Kier alpha value is -3.49. The van der Waals surface area contributed by atoms with Crippen molar-refractivity contribution in [3.05, 3.63) is 101 Å². The molecule has 5 nitrogen and oxygen atoms in total. The van der Waals surface area contributed by atoms with Gasteiger partial charge < -0.3 is 5.32 Å². The van der Waals surface area contributed by atoms with Gasteiger partial charge in [-0.2, -0.15) is 0 Å². The van der Waals surface area contributed by atoms with Crippen LogP contribution in [-0.2, 0) is 5.75 Å². The molecule has 0 aliphatic rings. The first kappa shape index (κ1) is 22.3. The Morgan fingerprint density at radius 3 is 2.35 bits per heavy atom. The summed E-state index contributed by atoms with van der Waals surface area (Å²) in [5.41, 5.74) is 5.61. The summed E-state index contributed by atoms with van der Waals surface area (Å²) < 4.78 is 16.5. The van der Waals surface area contributed by atoms with Gasteiger partial charge in [0.05, 0.1) is 11.3 Å². The van der Waals surface area contributed by atoms with Gasteiger partial charge in [0.2, 0.25) is 0 Å². The van der Waals surface area contributed by atoms with Gasteiger partial charge in [-0.15, -0.1) is 21.5 Å². The third kappa shape index (κ3) is 4.88. The van der Waals surface area contributed by atoms with Gasteiger partial charge in [-0.05, 0) is 50.2 Å². The van der Waals surface area contributed by atoms with Crippen LogP contribution in [0.2, 0.25) is 0 Å². The Bertz CT molecular complexity index is 1410. The van der Waals surface area contributed by atoms with Crippen molar-refractivity contribution in [2.45, 2.75) is 24.8 Å². The molecule has 0 amide bonds. The highest BCUT2D eigenvalue weighted by atomic mass is 32.2. The highest BCUT2D eigenvalue weighted by Gasteiger charge is 2.19. The molecule has 0 aliphatic heterocycles. The van der Waals surface area contributed by atoms with Crippen molar-refractivity contribution in [3.63, 3.8) is 0 Å². The molecule has 0 bridgehead atoms. The van der Waals surface area contributed by atoms with E-state index < -0.39 is 0 Å². The van der Waals surface area contributed by atoms with Gasteiger partial charge in [-0.3, -0.25) is 4.57 Å². The van der Waals surface area contributed by atoms with E-state index >= 15 is 0 Å². The van der Waals surface area contributed by atoms with Crippen molar-refractivity contribution in [2.24, 2.45) is 0 Å². The van der Waals surface area contributed by atoms with E-state index in [0.29, 0.717) is 22.3 Å². The van der Waals surface area contributed by atoms with Crippen molar-refractivity contribution in [3.8, 4) is 17.1 Å². The standard InChI is InChI=1S/C26H22FN5S2/c1-17-7-11-19(12-8-17)28-25-29-20(15-33-25)16-34-26-31-30-24(22-5-3-4-6-23(22)27)32(26)21-13-9-18(2)10-14-21/h3-15H,16H2,1-2H3,(H,28,29). The second-order valence-corrected chi connectivity index (χ2v) is 9.68. The number of benzene rings is 3. The summed E-state index contributed by atoms with van der Waals surface area (Å²) in [5, 5.41) is 15.7. The minimum Gasteiger partial charge on any atom is -0.332 e. The zero-order valence-electron chi connectivity index (χ0n) is 18.7. The molecule has 2 heterocycles. The number of nitrogens with zero attached hydrogens (tertiary/aromatic N) is 4. The van der Waals surface area contributed by atoms with Gasteiger partial charge >= 0.3 is 0 Å². The first-order valence-corrected chi connectivity index (χ1v) is 12.6. The van der Waals surface area contributed by atoms with Crippen LogP contribution in [0, 0.1) is 19.7 Å². The van der Waals surface area contributed by atoms with E-state index in [1.54, 1.807) is 29.5 Å². The lowest BCUT2D eigenvalue weighted by Gasteiger charge is -2.11. The zero-order chi connectivity index (χ0) is 23.5. The number of hydrogen-bond acceptors (Lipinski definition) is 6. The highest BCUT2D eigenvalue weighted by Crippen LogP contribution is 2.32. The molecule has 1 N–H and O–H groups in total. The van der Waals surface area contributed by atoms with Crippen molar-refractivity contribution < 1.29 is 4.39 Å². The molecular formula is C26H22FN5S2. The average molecular weight is 488 g/mol. The summed E-state index contributed by atoms with van der Waals surface area (Å²) in [6.07, 6.45) is 0. The predicted molar refractivity (Wildman–Crippen MR) is 138 cm³/mol. The van der Waals surface area contributed by atoms with Crippen LogP contribution in [0.15, 0.2) is 83.3 Å². The molecule has 5 rings (SSSR count). The quantitative estimate of drug-likeness (QED) is 0.246. The number of anilines is 2. The number of aryl methyl sites for hydroxylation is 2. The van der Waals surface area contributed by atoms with Crippen LogP contribution in [0.4, 0.5) is 15.2 Å². The van der Waals surface area contributed by atoms with Crippen LogP contribution >= 0.6 is 23.1 Å². The zero-order valence-corrected chi connectivity index (χ0v) is 20.3. The Balaban J connectivity index is 1.40. The molecule has 34 heavy (non-hydrogen) atoms. The maximum atomic E-state index is 14.6. The molecule has 0 saturated heterocycles. The van der Waals surface area contributed by atoms with E-state index in [0.717, 1.165) is 27.8 Å². The van der Waals surface area contributed by atoms with E-state index in [1.165, 1.54) is 23.4 Å². The summed E-state index contributed by atoms with van der Waals surface area (Å²) in [6.45, 7) is 4.10. The highest BCUT2D eigenvalue weighted by molar-refractivity contribution is 7.98. The molecule has 2 aromatic heterocycles. The van der Waals surface area contributed by atoms with Crippen LogP contribution in [0.3, 0.4) is 0 Å². The molecule has 3 aromatic carbocycles. The number of halogens is 1. The van der Waals surface area contributed by atoms with Gasteiger partial charge in [0.25, 0.3) is 0 Å². The fourth-order valence-corrected chi connectivity index (χ4v) is 5.12. The second-order valence-electron chi connectivity index (χ2n) is 7.88. The van der Waals surface area contributed by atoms with Crippen molar-refractivity contribution >= 4 is 33.9 Å². The predicted octanol–water partition coefficient (Wildman–Crippen LogP) is 7.18. The number of aromatic nitrogens is 4. The lowest BCUT2D eigenvalue weighted by molar-refractivity contribution is 0.629. The largest absolute Gasteiger partial charge is 0.332 e. The van der Waals surface area contributed by atoms with E-state index in [-0.39, 0.29) is 5.82 Å². The normalized spacial score (nSPS) is 11.0. The molecule has 0 spiro atoms. The van der Waals surface area contributed by atoms with Gasteiger partial charge in [-0.1, -0.05) is 59.3 Å². The molecular weight excluding hydrogens is 465 g/mol. The summed E-state index contributed by atoms with van der Waals surface area (Å²) in [5.74, 6) is 0.767. The van der Waals surface area contributed by atoms with Gasteiger partial charge in [0.1, 0.15) is 5.82 Å². The van der Waals surface area contributed by atoms with E-state index in [9.17, 15) is 4.39 Å². The third-order valence-corrected chi connectivity index (χ3v) is 7.01. The van der Waals surface area contributed by atoms with Crippen LogP contribution in [0.5, 0.6) is 0 Å². The first-order valence-electron chi connectivity index (χ1n) is 10.7. The summed E-state index contributed by atoms with van der Waals surface area (Å²) in [7, 11) is 0. The first-order chi connectivity index (χ1) is 16.6. The lowest BCUT2D eigenvalue weighted by Crippen LogP contribution is -2.01. The van der Waals surface area contributed by atoms with Crippen LogP contribution in [0.1, 0.15) is 16.8 Å². The van der Waals surface area contributed by atoms with Crippen LogP contribution in [0.25, 0.3) is 17.1 Å². The molecule has 0 saturated carbocycles. The smallest absolute Gasteiger partial charge is 0.196 e. The molecule has 8 heteroatoms. The second kappa shape index (κ2) is 9.79. The van der Waals surface area contributed by atoms with E-state index in [2.05, 4.69) is 34.6 Å². The topological polar surface area (TPSA) is 55.6 Å². The summed E-state index contributed by atoms with van der Waals surface area (Å²) in [4.78, 5) is 4.71. The fourth-order valence-electron chi connectivity index (χ4n) is 3.44. The molecule has 5 aromatic rings. The number of hydrogen-bond donors (Lipinski definition) is 1. The fraction of sp³-hybridized carbons (Fsp3) is 0.115. The lowest BCUT2D eigenvalue weighted by atomic mass is 10.2. The van der Waals surface area contributed by atoms with E-state index in [1.807, 2.05) is 53.3 Å². The maximum absolute atomic E-state index is 14.6. The average Bonchev–Trinajstić information content (AvgIpc) is 3.47. The number of thiazole rings is 1. The van der Waals surface area contributed by atoms with E-state index in [4.69, 9.17) is 4.98 Å². The number of nitrogens with one attached hydrogen (secondary N) is 1. The van der Waals surface area contributed by atoms with Crippen molar-refractivity contribution in [1.82, 2.24) is 19.7 Å². The van der Waals surface area contributed by atoms with Gasteiger partial charge in [0.15, 0.2) is 16.1 Å². The minimum atomic E-state index is -0.328. The van der Waals surface area contributed by atoms with Gasteiger partial charge in [0, 0.05) is 22.5 Å². The summed E-state index contributed by atoms with van der Waals surface area (Å²) in [6, 6.07) is 22.9. The Morgan fingerprint density at radius 1 is 0.912 bits per heavy atom. The molecule has 0 atom stereocenters. The van der Waals surface area contributed by atoms with Crippen molar-refractivity contribution in [1.29, 1.82) is 0 Å². The molecule has 0 aliphatic carbocycles. The Kier molecular flexibility index (Phi) is 6.42. The number of rotatable bonds is 7. The molecule has 0 fully saturated rings. The minimum absolute atomic E-state index is 0.328. The van der Waals surface area contributed by atoms with Crippen LogP contribution in [-0.4, -0.2) is 19.7 Å².